The molecule has 0 aromatic carbocycles. The third-order valence-corrected chi connectivity index (χ3v) is 3.28. The van der Waals surface area contributed by atoms with Crippen molar-refractivity contribution in [2.75, 3.05) is 6.54 Å². The standard InChI is InChI=1S/C9H8F9NO3/c10-7(11,12)6(8(13,14)15,9(16,17)18)19-2-1-3(20)4(19)5(21)22/h3-4,20H,1-2H2,(H,21,22)/t3?,4-/m0/s1. The van der Waals surface area contributed by atoms with Gasteiger partial charge in [0, 0.05) is 6.54 Å². The predicted octanol–water partition coefficient (Wildman–Crippen LogP) is 1.93. The molecular formula is C9H8F9NO3. The molecule has 2 N–H and O–H groups in total. The monoisotopic (exact) mass is 349 g/mol. The summed E-state index contributed by atoms with van der Waals surface area (Å²) in [5, 5.41) is 17.8. The number of aliphatic hydroxyl groups excluding tert-OH is 1. The Hall–Kier alpha value is -1.24. The van der Waals surface area contributed by atoms with Gasteiger partial charge in [0.15, 0.2) is 0 Å². The summed E-state index contributed by atoms with van der Waals surface area (Å²) >= 11 is 0. The zero-order valence-corrected chi connectivity index (χ0v) is 10.2. The molecule has 1 unspecified atom stereocenters. The third-order valence-electron chi connectivity index (χ3n) is 3.28. The minimum absolute atomic E-state index is 0.985. The van der Waals surface area contributed by atoms with Crippen LogP contribution in [0.15, 0.2) is 0 Å². The lowest BCUT2D eigenvalue weighted by atomic mass is 9.92. The van der Waals surface area contributed by atoms with Crippen LogP contribution in [0.1, 0.15) is 6.42 Å². The Labute approximate surface area is 116 Å². The lowest BCUT2D eigenvalue weighted by molar-refractivity contribution is -0.422. The van der Waals surface area contributed by atoms with Crippen molar-refractivity contribution in [1.29, 1.82) is 0 Å². The molecule has 0 radical (unpaired) electrons. The molecule has 22 heavy (non-hydrogen) atoms. The van der Waals surface area contributed by atoms with Gasteiger partial charge in [-0.25, -0.2) is 0 Å². The molecule has 130 valence electrons. The maximum atomic E-state index is 12.8. The van der Waals surface area contributed by atoms with Gasteiger partial charge in [0.2, 0.25) is 0 Å². The molecule has 0 aliphatic carbocycles. The molecule has 1 fully saturated rings. The van der Waals surface area contributed by atoms with Crippen molar-refractivity contribution in [2.24, 2.45) is 0 Å². The highest BCUT2D eigenvalue weighted by Crippen LogP contribution is 2.57. The van der Waals surface area contributed by atoms with Crippen LogP contribution in [0, 0.1) is 0 Å². The molecule has 1 aliphatic rings. The van der Waals surface area contributed by atoms with E-state index >= 15 is 0 Å². The van der Waals surface area contributed by atoms with Crippen molar-refractivity contribution in [3.05, 3.63) is 0 Å². The Morgan fingerprint density at radius 1 is 0.909 bits per heavy atom. The fourth-order valence-electron chi connectivity index (χ4n) is 2.42. The van der Waals surface area contributed by atoms with Crippen LogP contribution in [0.3, 0.4) is 0 Å². The van der Waals surface area contributed by atoms with Gasteiger partial charge in [-0.3, -0.25) is 9.69 Å². The predicted molar refractivity (Wildman–Crippen MR) is 49.6 cm³/mol. The van der Waals surface area contributed by atoms with Crippen molar-refractivity contribution in [3.8, 4) is 0 Å². The number of nitrogens with zero attached hydrogens (tertiary/aromatic N) is 1. The molecule has 0 saturated carbocycles. The number of alkyl halides is 9. The summed E-state index contributed by atoms with van der Waals surface area (Å²) in [6.07, 6.45) is -24.0. The van der Waals surface area contributed by atoms with Crippen LogP contribution in [0.25, 0.3) is 0 Å². The molecule has 1 saturated heterocycles. The van der Waals surface area contributed by atoms with Gasteiger partial charge in [-0.1, -0.05) is 0 Å². The first-order chi connectivity index (χ1) is 9.59. The SMILES string of the molecule is O=C(O)[C@@H]1C(O)CCN1C(C(F)(F)F)(C(F)(F)F)C(F)(F)F. The van der Waals surface area contributed by atoms with Crippen molar-refractivity contribution in [1.82, 2.24) is 4.90 Å². The van der Waals surface area contributed by atoms with Crippen LogP contribution >= 0.6 is 0 Å². The summed E-state index contributed by atoms with van der Waals surface area (Å²) in [6, 6.07) is -3.00. The second kappa shape index (κ2) is 5.15. The van der Waals surface area contributed by atoms with Gasteiger partial charge in [0.1, 0.15) is 6.04 Å². The first-order valence-electron chi connectivity index (χ1n) is 5.47. The van der Waals surface area contributed by atoms with Crippen molar-refractivity contribution < 1.29 is 54.5 Å². The summed E-state index contributed by atoms with van der Waals surface area (Å²) < 4.78 is 115. The van der Waals surface area contributed by atoms with Gasteiger partial charge in [0.05, 0.1) is 6.10 Å². The van der Waals surface area contributed by atoms with Crippen molar-refractivity contribution in [2.45, 2.75) is 42.6 Å². The number of rotatable bonds is 2. The van der Waals surface area contributed by atoms with E-state index in [0.717, 1.165) is 0 Å². The zero-order chi connectivity index (χ0) is 17.7. The molecule has 2 atom stereocenters. The number of carbonyl (C=O) groups is 1. The molecule has 1 heterocycles. The topological polar surface area (TPSA) is 60.8 Å². The number of hydrogen-bond donors (Lipinski definition) is 2. The fraction of sp³-hybridized carbons (Fsp3) is 0.889. The smallest absolute Gasteiger partial charge is 0.424 e. The van der Waals surface area contributed by atoms with Gasteiger partial charge in [-0.2, -0.15) is 39.5 Å². The number of carboxylic acids is 1. The van der Waals surface area contributed by atoms with Crippen LogP contribution in [0.5, 0.6) is 0 Å². The van der Waals surface area contributed by atoms with E-state index in [1.807, 2.05) is 0 Å². The molecular weight excluding hydrogens is 341 g/mol. The third kappa shape index (κ3) is 2.49. The molecule has 4 nitrogen and oxygen atoms in total. The summed E-state index contributed by atoms with van der Waals surface area (Å²) in [4.78, 5) is 9.45. The summed E-state index contributed by atoms with van der Waals surface area (Å²) in [7, 11) is 0. The molecule has 0 spiro atoms. The summed E-state index contributed by atoms with van der Waals surface area (Å²) in [5.74, 6) is -2.42. The van der Waals surface area contributed by atoms with E-state index in [2.05, 4.69) is 0 Å². The van der Waals surface area contributed by atoms with E-state index in [-0.39, 0.29) is 0 Å². The largest absolute Gasteiger partial charge is 0.480 e. The molecule has 0 aromatic rings. The second-order valence-electron chi connectivity index (χ2n) is 4.54. The van der Waals surface area contributed by atoms with Crippen LogP contribution in [-0.2, 0) is 4.79 Å². The average Bonchev–Trinajstić information content (AvgIpc) is 2.53. The number of hydrogen-bond acceptors (Lipinski definition) is 3. The van der Waals surface area contributed by atoms with E-state index in [1.165, 1.54) is 0 Å². The van der Waals surface area contributed by atoms with Crippen molar-refractivity contribution >= 4 is 5.97 Å². The van der Waals surface area contributed by atoms with Gasteiger partial charge < -0.3 is 10.2 Å². The van der Waals surface area contributed by atoms with Gasteiger partial charge in [-0.05, 0) is 6.42 Å². The van der Waals surface area contributed by atoms with Gasteiger partial charge >= 0.3 is 30.0 Å². The first-order valence-corrected chi connectivity index (χ1v) is 5.47. The number of halogens is 9. The lowest BCUT2D eigenvalue weighted by Gasteiger charge is -2.46. The maximum absolute atomic E-state index is 12.8. The van der Waals surface area contributed by atoms with E-state index in [0.29, 0.717) is 0 Å². The molecule has 0 amide bonds. The number of carboxylic acid groups (broad SMARTS) is 1. The zero-order valence-electron chi connectivity index (χ0n) is 10.2. The number of likely N-dealkylation sites (tertiary alicyclic amines) is 1. The molecule has 1 rings (SSSR count). The van der Waals surface area contributed by atoms with Crippen LogP contribution in [0.2, 0.25) is 0 Å². The summed E-state index contributed by atoms with van der Waals surface area (Å²) in [6.45, 7) is -1.54. The van der Waals surface area contributed by atoms with E-state index in [1.54, 1.807) is 0 Å². The van der Waals surface area contributed by atoms with Crippen molar-refractivity contribution in [3.63, 3.8) is 0 Å². The highest BCUT2D eigenvalue weighted by Gasteiger charge is 2.87. The number of aliphatic hydroxyl groups is 1. The van der Waals surface area contributed by atoms with E-state index < -0.39 is 60.0 Å². The van der Waals surface area contributed by atoms with Gasteiger partial charge in [0.25, 0.3) is 0 Å². The second-order valence-corrected chi connectivity index (χ2v) is 4.54. The average molecular weight is 349 g/mol. The molecule has 0 bridgehead atoms. The van der Waals surface area contributed by atoms with Crippen LogP contribution in [-0.4, -0.2) is 63.8 Å². The number of aliphatic carboxylic acids is 1. The molecule has 13 heteroatoms. The van der Waals surface area contributed by atoms with E-state index in [4.69, 9.17) is 10.2 Å². The Kier molecular flexibility index (Phi) is 4.40. The summed E-state index contributed by atoms with van der Waals surface area (Å²) in [5.41, 5.74) is -6.38. The Bertz CT molecular complexity index is 405. The maximum Gasteiger partial charge on any atom is 0.424 e. The highest BCUT2D eigenvalue weighted by molar-refractivity contribution is 5.75. The van der Waals surface area contributed by atoms with Crippen LogP contribution < -0.4 is 0 Å². The molecule has 1 aliphatic heterocycles. The Balaban J connectivity index is 3.68. The Morgan fingerprint density at radius 2 is 1.27 bits per heavy atom. The van der Waals surface area contributed by atoms with Gasteiger partial charge in [-0.15, -0.1) is 0 Å². The fourth-order valence-corrected chi connectivity index (χ4v) is 2.42. The molecule has 0 aromatic heterocycles. The Morgan fingerprint density at radius 3 is 1.55 bits per heavy atom. The minimum atomic E-state index is -6.90. The lowest BCUT2D eigenvalue weighted by Crippen LogP contribution is -2.76. The first kappa shape index (κ1) is 18.8. The highest BCUT2D eigenvalue weighted by atomic mass is 19.4. The normalized spacial score (nSPS) is 25.5. The minimum Gasteiger partial charge on any atom is -0.480 e. The quantitative estimate of drug-likeness (QED) is 0.748. The van der Waals surface area contributed by atoms with Crippen LogP contribution in [0.4, 0.5) is 39.5 Å². The van der Waals surface area contributed by atoms with E-state index in [9.17, 15) is 44.3 Å².